The molecule has 0 N–H and O–H groups in total. The summed E-state index contributed by atoms with van der Waals surface area (Å²) in [5.41, 5.74) is 0.248. The fourth-order valence-electron chi connectivity index (χ4n) is 1.80. The van der Waals surface area contributed by atoms with Gasteiger partial charge < -0.3 is 4.74 Å². The molecule has 110 valence electrons. The van der Waals surface area contributed by atoms with Gasteiger partial charge in [0.05, 0.1) is 4.90 Å². The molecule has 0 radical (unpaired) electrons. The molecule has 2 aromatic rings. The van der Waals surface area contributed by atoms with Crippen LogP contribution in [0.4, 0.5) is 0 Å². The van der Waals surface area contributed by atoms with Crippen molar-refractivity contribution in [1.29, 1.82) is 5.26 Å². The summed E-state index contributed by atoms with van der Waals surface area (Å²) < 4.78 is 28.7. The van der Waals surface area contributed by atoms with Crippen LogP contribution in [0, 0.1) is 11.3 Å². The number of pyridine rings is 1. The summed E-state index contributed by atoms with van der Waals surface area (Å²) in [6, 6.07) is 7.69. The highest BCUT2D eigenvalue weighted by Crippen LogP contribution is 2.33. The third-order valence-corrected chi connectivity index (χ3v) is 4.38. The van der Waals surface area contributed by atoms with Gasteiger partial charge in [-0.05, 0) is 30.7 Å². The van der Waals surface area contributed by atoms with Crippen molar-refractivity contribution >= 4 is 42.2 Å². The minimum Gasteiger partial charge on any atom is -0.473 e. The SMILES string of the molecule is CCC(C#N)Oc1ccc(S(=O)(=O)Cl)c2ccc(Cl)nc12. The second-order valence-corrected chi connectivity index (χ2v) is 7.10. The molecule has 0 bridgehead atoms. The predicted octanol–water partition coefficient (Wildman–Crippen LogP) is 3.50. The van der Waals surface area contributed by atoms with Gasteiger partial charge in [0.15, 0.2) is 6.10 Å². The lowest BCUT2D eigenvalue weighted by Crippen LogP contribution is -2.12. The smallest absolute Gasteiger partial charge is 0.261 e. The molecule has 1 atom stereocenters. The highest BCUT2D eigenvalue weighted by Gasteiger charge is 2.19. The summed E-state index contributed by atoms with van der Waals surface area (Å²) in [5, 5.41) is 9.43. The van der Waals surface area contributed by atoms with E-state index in [9.17, 15) is 8.42 Å². The van der Waals surface area contributed by atoms with Crippen molar-refractivity contribution in [3.05, 3.63) is 29.4 Å². The molecular weight excluding hydrogens is 335 g/mol. The van der Waals surface area contributed by atoms with E-state index in [2.05, 4.69) is 4.98 Å². The third kappa shape index (κ3) is 3.38. The van der Waals surface area contributed by atoms with E-state index in [1.165, 1.54) is 24.3 Å². The number of ether oxygens (including phenoxy) is 1. The largest absolute Gasteiger partial charge is 0.473 e. The maximum absolute atomic E-state index is 11.6. The zero-order valence-corrected chi connectivity index (χ0v) is 13.2. The number of halogens is 2. The standard InChI is InChI=1S/C13H10Cl2N2O3S/c1-2-8(7-16)20-10-4-5-11(21(15,18)19)9-3-6-12(14)17-13(9)10/h3-6,8H,2H2,1H3. The van der Waals surface area contributed by atoms with E-state index in [1.807, 2.05) is 6.07 Å². The van der Waals surface area contributed by atoms with Crippen LogP contribution in [-0.4, -0.2) is 19.5 Å². The van der Waals surface area contributed by atoms with Crippen molar-refractivity contribution in [2.45, 2.75) is 24.3 Å². The number of hydrogen-bond acceptors (Lipinski definition) is 5. The van der Waals surface area contributed by atoms with Crippen LogP contribution in [0.15, 0.2) is 29.2 Å². The minimum atomic E-state index is -3.93. The molecule has 0 saturated heterocycles. The molecule has 2 rings (SSSR count). The quantitative estimate of drug-likeness (QED) is 0.626. The van der Waals surface area contributed by atoms with Crippen LogP contribution in [0.5, 0.6) is 5.75 Å². The molecule has 0 aliphatic heterocycles. The molecule has 0 fully saturated rings. The Morgan fingerprint density at radius 1 is 1.38 bits per heavy atom. The van der Waals surface area contributed by atoms with Crippen LogP contribution in [-0.2, 0) is 9.05 Å². The van der Waals surface area contributed by atoms with Crippen molar-refractivity contribution in [3.63, 3.8) is 0 Å². The number of rotatable bonds is 4. The second-order valence-electron chi connectivity index (χ2n) is 4.17. The van der Waals surface area contributed by atoms with Crippen LogP contribution in [0.1, 0.15) is 13.3 Å². The Hall–Kier alpha value is -1.55. The van der Waals surface area contributed by atoms with Gasteiger partial charge in [0, 0.05) is 16.1 Å². The number of hydrogen-bond donors (Lipinski definition) is 0. The van der Waals surface area contributed by atoms with Gasteiger partial charge in [-0.15, -0.1) is 0 Å². The van der Waals surface area contributed by atoms with Crippen molar-refractivity contribution in [2.75, 3.05) is 0 Å². The lowest BCUT2D eigenvalue weighted by Gasteiger charge is -2.13. The Labute approximate surface area is 131 Å². The highest BCUT2D eigenvalue weighted by atomic mass is 35.7. The third-order valence-electron chi connectivity index (χ3n) is 2.79. The van der Waals surface area contributed by atoms with E-state index in [-0.39, 0.29) is 21.3 Å². The number of nitrogens with zero attached hydrogens (tertiary/aromatic N) is 2. The first kappa shape index (κ1) is 15.8. The normalized spacial score (nSPS) is 12.9. The molecule has 1 aromatic carbocycles. The van der Waals surface area contributed by atoms with Gasteiger partial charge in [0.2, 0.25) is 0 Å². The summed E-state index contributed by atoms with van der Waals surface area (Å²) in [6.45, 7) is 1.80. The van der Waals surface area contributed by atoms with E-state index in [0.29, 0.717) is 11.8 Å². The first-order chi connectivity index (χ1) is 9.86. The summed E-state index contributed by atoms with van der Waals surface area (Å²) in [5.74, 6) is 0.282. The van der Waals surface area contributed by atoms with Crippen LogP contribution < -0.4 is 4.74 Å². The zero-order chi connectivity index (χ0) is 15.6. The van der Waals surface area contributed by atoms with Gasteiger partial charge in [0.1, 0.15) is 22.5 Å². The maximum atomic E-state index is 11.6. The Balaban J connectivity index is 2.70. The predicted molar refractivity (Wildman–Crippen MR) is 80.1 cm³/mol. The summed E-state index contributed by atoms with van der Waals surface area (Å²) in [7, 11) is 1.48. The fourth-order valence-corrected chi connectivity index (χ4v) is 3.01. The van der Waals surface area contributed by atoms with Gasteiger partial charge in [-0.1, -0.05) is 18.5 Å². The number of aromatic nitrogens is 1. The molecule has 5 nitrogen and oxygen atoms in total. The van der Waals surface area contributed by atoms with Gasteiger partial charge >= 0.3 is 0 Å². The van der Waals surface area contributed by atoms with Crippen LogP contribution in [0.3, 0.4) is 0 Å². The van der Waals surface area contributed by atoms with E-state index in [0.717, 1.165) is 0 Å². The Morgan fingerprint density at radius 3 is 2.67 bits per heavy atom. The van der Waals surface area contributed by atoms with Gasteiger partial charge in [-0.3, -0.25) is 0 Å². The number of benzene rings is 1. The van der Waals surface area contributed by atoms with E-state index >= 15 is 0 Å². The molecule has 1 heterocycles. The molecule has 21 heavy (non-hydrogen) atoms. The first-order valence-electron chi connectivity index (χ1n) is 5.97. The van der Waals surface area contributed by atoms with Crippen molar-refractivity contribution in [1.82, 2.24) is 4.98 Å². The molecule has 0 amide bonds. The van der Waals surface area contributed by atoms with E-state index in [1.54, 1.807) is 6.92 Å². The van der Waals surface area contributed by atoms with Crippen molar-refractivity contribution in [2.24, 2.45) is 0 Å². The van der Waals surface area contributed by atoms with Crippen LogP contribution in [0.25, 0.3) is 10.9 Å². The maximum Gasteiger partial charge on any atom is 0.261 e. The second kappa shape index (κ2) is 6.06. The Bertz CT molecular complexity index is 831. The molecule has 1 aromatic heterocycles. The lowest BCUT2D eigenvalue weighted by molar-refractivity contribution is 0.254. The minimum absolute atomic E-state index is 0.0827. The Kier molecular flexibility index (Phi) is 4.57. The van der Waals surface area contributed by atoms with E-state index in [4.69, 9.17) is 32.3 Å². The van der Waals surface area contributed by atoms with E-state index < -0.39 is 15.2 Å². The molecule has 1 unspecified atom stereocenters. The molecule has 0 aliphatic rings. The average molecular weight is 345 g/mol. The van der Waals surface area contributed by atoms with Crippen LogP contribution in [0.2, 0.25) is 5.15 Å². The highest BCUT2D eigenvalue weighted by molar-refractivity contribution is 8.14. The summed E-state index contributed by atoms with van der Waals surface area (Å²) >= 11 is 5.85. The van der Waals surface area contributed by atoms with Gasteiger partial charge in [-0.2, -0.15) is 5.26 Å². The molecule has 0 spiro atoms. The zero-order valence-electron chi connectivity index (χ0n) is 10.9. The lowest BCUT2D eigenvalue weighted by atomic mass is 10.2. The average Bonchev–Trinajstić information content (AvgIpc) is 2.43. The Morgan fingerprint density at radius 2 is 2.10 bits per heavy atom. The van der Waals surface area contributed by atoms with Gasteiger partial charge in [0.25, 0.3) is 9.05 Å². The first-order valence-corrected chi connectivity index (χ1v) is 8.65. The van der Waals surface area contributed by atoms with Crippen LogP contribution >= 0.6 is 22.3 Å². The topological polar surface area (TPSA) is 80.0 Å². The molecule has 8 heteroatoms. The number of nitriles is 1. The summed E-state index contributed by atoms with van der Waals surface area (Å²) in [4.78, 5) is 4.00. The molecular formula is C13H10Cl2N2O3S. The van der Waals surface area contributed by atoms with Crippen molar-refractivity contribution in [3.8, 4) is 11.8 Å². The number of fused-ring (bicyclic) bond motifs is 1. The van der Waals surface area contributed by atoms with Gasteiger partial charge in [-0.25, -0.2) is 13.4 Å². The molecule has 0 aliphatic carbocycles. The monoisotopic (exact) mass is 344 g/mol. The molecule has 0 saturated carbocycles. The van der Waals surface area contributed by atoms with Crippen molar-refractivity contribution < 1.29 is 13.2 Å². The fraction of sp³-hybridized carbons (Fsp3) is 0.231. The summed E-state index contributed by atoms with van der Waals surface area (Å²) in [6.07, 6.45) is -0.180.